The second-order valence-electron chi connectivity index (χ2n) is 1.31. The molecule has 0 rings (SSSR count). The highest BCUT2D eigenvalue weighted by molar-refractivity contribution is 6.21. The van der Waals surface area contributed by atoms with E-state index in [9.17, 15) is 4.79 Å². The Morgan fingerprint density at radius 3 is 1.91 bits per heavy atom. The first kappa shape index (κ1) is 12.3. The summed E-state index contributed by atoms with van der Waals surface area (Å²) >= 11 is 0. The van der Waals surface area contributed by atoms with E-state index in [4.69, 9.17) is 20.1 Å². The molecule has 0 aromatic carbocycles. The Morgan fingerprint density at radius 1 is 1.45 bits per heavy atom. The van der Waals surface area contributed by atoms with Crippen LogP contribution in [-0.2, 0) is 9.59 Å². The minimum atomic E-state index is -1.14. The zero-order valence-corrected chi connectivity index (χ0v) is 5.89. The summed E-state index contributed by atoms with van der Waals surface area (Å²) in [5.41, 5.74) is 0. The zero-order valence-electron chi connectivity index (χ0n) is 5.89. The first-order chi connectivity index (χ1) is 5.00. The van der Waals surface area contributed by atoms with E-state index in [0.29, 0.717) is 6.21 Å². The lowest BCUT2D eigenvalue weighted by Crippen LogP contribution is -1.95. The van der Waals surface area contributed by atoms with Gasteiger partial charge in [-0.05, 0) is 0 Å². The summed E-state index contributed by atoms with van der Waals surface area (Å²) in [5.74, 6) is -1.98. The van der Waals surface area contributed by atoms with Crippen molar-refractivity contribution < 1.29 is 24.9 Å². The largest absolute Gasteiger partial charge is 0.481 e. The molecule has 0 amide bonds. The number of aliphatic hydroxyl groups excluding tert-OH is 1. The Labute approximate surface area is 62.8 Å². The van der Waals surface area contributed by atoms with Crippen LogP contribution in [0.25, 0.3) is 0 Å². The van der Waals surface area contributed by atoms with E-state index in [1.165, 1.54) is 0 Å². The molecule has 0 aromatic heterocycles. The molecule has 0 saturated carbocycles. The molecular formula is C5H9NO5. The van der Waals surface area contributed by atoms with Crippen LogP contribution >= 0.6 is 0 Å². The molecule has 0 spiro atoms. The number of carboxylic acids is 2. The van der Waals surface area contributed by atoms with E-state index < -0.39 is 18.7 Å². The number of carbonyl (C=O) groups is 2. The van der Waals surface area contributed by atoms with Crippen molar-refractivity contribution in [2.45, 2.75) is 6.92 Å². The van der Waals surface area contributed by atoms with Gasteiger partial charge in [0.05, 0.1) is 0 Å². The molecule has 0 fully saturated rings. The molecule has 11 heavy (non-hydrogen) atoms. The molecule has 0 saturated heterocycles. The molecule has 0 unspecified atom stereocenters. The Balaban J connectivity index is 0. The monoisotopic (exact) mass is 163 g/mol. The smallest absolute Gasteiger partial charge is 0.346 e. The quantitative estimate of drug-likeness (QED) is 0.461. The van der Waals surface area contributed by atoms with Crippen LogP contribution in [0.15, 0.2) is 4.99 Å². The topological polar surface area (TPSA) is 107 Å². The highest BCUT2D eigenvalue weighted by Crippen LogP contribution is 1.57. The van der Waals surface area contributed by atoms with Gasteiger partial charge in [-0.1, -0.05) is 0 Å². The second-order valence-corrected chi connectivity index (χ2v) is 1.31. The maximum Gasteiger partial charge on any atom is 0.346 e. The predicted octanol–water partition coefficient (Wildman–Crippen LogP) is -0.817. The van der Waals surface area contributed by atoms with Gasteiger partial charge in [0.25, 0.3) is 5.97 Å². The summed E-state index contributed by atoms with van der Waals surface area (Å²) in [5, 5.41) is 23.1. The highest BCUT2D eigenvalue weighted by atomic mass is 16.4. The van der Waals surface area contributed by atoms with Crippen molar-refractivity contribution in [1.82, 2.24) is 0 Å². The molecule has 0 aliphatic carbocycles. The van der Waals surface area contributed by atoms with Crippen molar-refractivity contribution in [1.29, 1.82) is 0 Å². The maximum absolute atomic E-state index is 9.50. The van der Waals surface area contributed by atoms with Crippen molar-refractivity contribution in [3.8, 4) is 0 Å². The lowest BCUT2D eigenvalue weighted by molar-refractivity contribution is -0.134. The lowest BCUT2D eigenvalue weighted by atomic mass is 10.8. The number of hydrogen-bond donors (Lipinski definition) is 3. The van der Waals surface area contributed by atoms with E-state index in [-0.39, 0.29) is 0 Å². The van der Waals surface area contributed by atoms with Crippen LogP contribution in [0.1, 0.15) is 6.92 Å². The number of hydrogen-bond acceptors (Lipinski definition) is 4. The van der Waals surface area contributed by atoms with Crippen LogP contribution in [-0.4, -0.2) is 40.2 Å². The number of carboxylic acid groups (broad SMARTS) is 2. The van der Waals surface area contributed by atoms with Gasteiger partial charge in [0, 0.05) is 6.92 Å². The lowest BCUT2D eigenvalue weighted by Gasteiger charge is -1.74. The highest BCUT2D eigenvalue weighted by Gasteiger charge is 1.81. The molecule has 0 heterocycles. The first-order valence-corrected chi connectivity index (χ1v) is 2.53. The minimum Gasteiger partial charge on any atom is -0.481 e. The van der Waals surface area contributed by atoms with Crippen molar-refractivity contribution in [3.63, 3.8) is 0 Å². The molecule has 6 nitrogen and oxygen atoms in total. The number of aliphatic hydroxyl groups is 1. The van der Waals surface area contributed by atoms with Gasteiger partial charge in [-0.3, -0.25) is 9.79 Å². The first-order valence-electron chi connectivity index (χ1n) is 2.53. The Bertz CT molecular complexity index is 149. The van der Waals surface area contributed by atoms with Crippen LogP contribution in [0, 0.1) is 0 Å². The summed E-state index contributed by atoms with van der Waals surface area (Å²) in [6, 6.07) is 0. The summed E-state index contributed by atoms with van der Waals surface area (Å²) in [4.78, 5) is 21.5. The van der Waals surface area contributed by atoms with Gasteiger partial charge in [-0.2, -0.15) is 0 Å². The molecule has 0 aliphatic rings. The summed E-state index contributed by atoms with van der Waals surface area (Å²) in [6.45, 7) is 0.617. The van der Waals surface area contributed by atoms with Crippen molar-refractivity contribution in [2.75, 3.05) is 6.73 Å². The Hall–Kier alpha value is -1.43. The third-order valence-electron chi connectivity index (χ3n) is 0.283. The average Bonchev–Trinajstić information content (AvgIpc) is 1.82. The van der Waals surface area contributed by atoms with Gasteiger partial charge in [0.2, 0.25) is 0 Å². The van der Waals surface area contributed by atoms with E-state index in [2.05, 4.69) is 4.99 Å². The standard InChI is InChI=1S/C3H5NO3.C2H4O2/c5-2-4-1-3(6)7;1-2(3)4/h1,5H,2H2,(H,6,7);1H3,(H,3,4). The number of aliphatic imine (C=N–C) groups is 1. The van der Waals surface area contributed by atoms with Crippen LogP contribution in [0.5, 0.6) is 0 Å². The third-order valence-corrected chi connectivity index (χ3v) is 0.283. The fourth-order valence-corrected chi connectivity index (χ4v) is 0.119. The number of rotatable bonds is 2. The van der Waals surface area contributed by atoms with Gasteiger partial charge in [0.1, 0.15) is 12.9 Å². The van der Waals surface area contributed by atoms with Crippen LogP contribution in [0.3, 0.4) is 0 Å². The molecule has 0 atom stereocenters. The Kier molecular flexibility index (Phi) is 9.56. The molecule has 0 radical (unpaired) electrons. The molecular weight excluding hydrogens is 154 g/mol. The van der Waals surface area contributed by atoms with Gasteiger partial charge < -0.3 is 15.3 Å². The van der Waals surface area contributed by atoms with Gasteiger partial charge in [0.15, 0.2) is 0 Å². The second kappa shape index (κ2) is 8.57. The Morgan fingerprint density at radius 2 is 1.82 bits per heavy atom. The fourth-order valence-electron chi connectivity index (χ4n) is 0.119. The normalized spacial score (nSPS) is 8.55. The SMILES string of the molecule is CC(=O)O.O=C(O)C=NCO. The average molecular weight is 163 g/mol. The fraction of sp³-hybridized carbons (Fsp3) is 0.400. The van der Waals surface area contributed by atoms with Gasteiger partial charge in [-0.15, -0.1) is 0 Å². The third kappa shape index (κ3) is 56.0. The van der Waals surface area contributed by atoms with E-state index in [1.807, 2.05) is 0 Å². The van der Waals surface area contributed by atoms with E-state index in [0.717, 1.165) is 6.92 Å². The van der Waals surface area contributed by atoms with E-state index >= 15 is 0 Å². The van der Waals surface area contributed by atoms with Crippen LogP contribution < -0.4 is 0 Å². The zero-order chi connectivity index (χ0) is 9.28. The predicted molar refractivity (Wildman–Crippen MR) is 36.5 cm³/mol. The van der Waals surface area contributed by atoms with Gasteiger partial charge in [-0.25, -0.2) is 4.79 Å². The molecule has 0 aromatic rings. The van der Waals surface area contributed by atoms with Crippen molar-refractivity contribution in [3.05, 3.63) is 0 Å². The molecule has 6 heteroatoms. The van der Waals surface area contributed by atoms with Gasteiger partial charge >= 0.3 is 5.97 Å². The van der Waals surface area contributed by atoms with E-state index in [1.54, 1.807) is 0 Å². The molecule has 0 aliphatic heterocycles. The minimum absolute atomic E-state index is 0.466. The van der Waals surface area contributed by atoms with Crippen molar-refractivity contribution in [2.24, 2.45) is 4.99 Å². The summed E-state index contributed by atoms with van der Waals surface area (Å²) in [7, 11) is 0. The summed E-state index contributed by atoms with van der Waals surface area (Å²) in [6.07, 6.45) is 0.639. The molecule has 0 bridgehead atoms. The molecule has 3 N–H and O–H groups in total. The van der Waals surface area contributed by atoms with Crippen molar-refractivity contribution >= 4 is 18.2 Å². The summed E-state index contributed by atoms with van der Waals surface area (Å²) < 4.78 is 0. The number of aliphatic carboxylic acids is 2. The maximum atomic E-state index is 9.50. The van der Waals surface area contributed by atoms with Crippen LogP contribution in [0.2, 0.25) is 0 Å². The number of nitrogens with zero attached hydrogens (tertiary/aromatic N) is 1. The van der Waals surface area contributed by atoms with Crippen LogP contribution in [0.4, 0.5) is 0 Å². The molecule has 64 valence electrons.